The maximum atomic E-state index is 12.4. The van der Waals surface area contributed by atoms with Crippen LogP contribution in [0, 0.1) is 5.92 Å². The van der Waals surface area contributed by atoms with E-state index < -0.39 is 10.0 Å². The van der Waals surface area contributed by atoms with E-state index in [1.807, 2.05) is 0 Å². The Balaban J connectivity index is 2.02. The van der Waals surface area contributed by atoms with Gasteiger partial charge in [-0.15, -0.1) is 0 Å². The minimum Gasteiger partial charge on any atom is -0.393 e. The maximum Gasteiger partial charge on any atom is 0.238 e. The van der Waals surface area contributed by atoms with Gasteiger partial charge in [0.1, 0.15) is 0 Å². The smallest absolute Gasteiger partial charge is 0.238 e. The van der Waals surface area contributed by atoms with Crippen molar-refractivity contribution in [3.8, 4) is 0 Å². The molecule has 0 spiro atoms. The molecule has 2 rings (SSSR count). The molecule has 0 bridgehead atoms. The molecule has 0 aromatic carbocycles. The number of amides is 1. The Morgan fingerprint density at radius 3 is 2.52 bits per heavy atom. The molecule has 1 N–H and O–H groups in total. The van der Waals surface area contributed by atoms with Gasteiger partial charge in [-0.3, -0.25) is 4.79 Å². The van der Waals surface area contributed by atoms with Crippen LogP contribution in [0.1, 0.15) is 38.5 Å². The van der Waals surface area contributed by atoms with Gasteiger partial charge in [0.05, 0.1) is 18.9 Å². The standard InChI is InChI=1S/C14H26N2O4S/c1-15(21(2,19)20)10-14(18)16-9-5-7-12(16)11-6-3-4-8-13(11)17/h11-13,17H,3-10H2,1-2H3/t11-,12+,13-/m0/s1. The summed E-state index contributed by atoms with van der Waals surface area (Å²) in [5.74, 6) is -0.00283. The highest BCUT2D eigenvalue weighted by Crippen LogP contribution is 2.34. The van der Waals surface area contributed by atoms with Crippen molar-refractivity contribution >= 4 is 15.9 Å². The van der Waals surface area contributed by atoms with E-state index in [1.54, 1.807) is 4.90 Å². The summed E-state index contributed by atoms with van der Waals surface area (Å²) < 4.78 is 23.9. The summed E-state index contributed by atoms with van der Waals surface area (Å²) in [6, 6.07) is 0.0701. The fourth-order valence-electron chi connectivity index (χ4n) is 3.53. The zero-order valence-electron chi connectivity index (χ0n) is 12.9. The van der Waals surface area contributed by atoms with E-state index in [4.69, 9.17) is 0 Å². The third kappa shape index (κ3) is 3.96. The highest BCUT2D eigenvalue weighted by molar-refractivity contribution is 7.88. The Labute approximate surface area is 127 Å². The van der Waals surface area contributed by atoms with Crippen LogP contribution >= 0.6 is 0 Å². The molecule has 2 aliphatic rings. The Hall–Kier alpha value is -0.660. The number of nitrogens with zero attached hydrogens (tertiary/aromatic N) is 2. The zero-order valence-corrected chi connectivity index (χ0v) is 13.7. The van der Waals surface area contributed by atoms with Gasteiger partial charge in [0.15, 0.2) is 0 Å². The number of sulfonamides is 1. The maximum absolute atomic E-state index is 12.4. The predicted octanol–water partition coefficient (Wildman–Crippen LogP) is 0.420. The molecule has 0 aromatic heterocycles. The molecule has 0 unspecified atom stereocenters. The van der Waals surface area contributed by atoms with E-state index in [1.165, 1.54) is 7.05 Å². The second-order valence-corrected chi connectivity index (χ2v) is 8.42. The summed E-state index contributed by atoms with van der Waals surface area (Å²) in [5, 5.41) is 10.2. The van der Waals surface area contributed by atoms with Gasteiger partial charge < -0.3 is 10.0 Å². The average molecular weight is 318 g/mol. The Kier molecular flexibility index (Phi) is 5.27. The van der Waals surface area contributed by atoms with E-state index in [0.717, 1.165) is 49.1 Å². The molecule has 0 aromatic rings. The average Bonchev–Trinajstić information content (AvgIpc) is 2.87. The van der Waals surface area contributed by atoms with Crippen LogP contribution in [0.3, 0.4) is 0 Å². The molecule has 2 fully saturated rings. The van der Waals surface area contributed by atoms with Gasteiger partial charge >= 0.3 is 0 Å². The molecule has 1 aliphatic heterocycles. The Morgan fingerprint density at radius 1 is 1.24 bits per heavy atom. The molecule has 7 heteroatoms. The molecular formula is C14H26N2O4S. The molecule has 1 saturated carbocycles. The third-order valence-corrected chi connectivity index (χ3v) is 6.08. The van der Waals surface area contributed by atoms with Crippen LogP contribution in [0.2, 0.25) is 0 Å². The first kappa shape index (κ1) is 16.7. The van der Waals surface area contributed by atoms with Gasteiger partial charge in [-0.1, -0.05) is 12.8 Å². The van der Waals surface area contributed by atoms with Gasteiger partial charge in [-0.2, -0.15) is 4.31 Å². The summed E-state index contributed by atoms with van der Waals surface area (Å²) >= 11 is 0. The number of hydrogen-bond acceptors (Lipinski definition) is 4. The van der Waals surface area contributed by atoms with Crippen molar-refractivity contribution in [3.63, 3.8) is 0 Å². The third-order valence-electron chi connectivity index (χ3n) is 4.82. The molecule has 1 aliphatic carbocycles. The first-order chi connectivity index (χ1) is 9.80. The molecule has 6 nitrogen and oxygen atoms in total. The molecule has 1 saturated heterocycles. The van der Waals surface area contributed by atoms with Crippen LogP contribution in [0.4, 0.5) is 0 Å². The van der Waals surface area contributed by atoms with Crippen LogP contribution < -0.4 is 0 Å². The van der Waals surface area contributed by atoms with Crippen molar-refractivity contribution < 1.29 is 18.3 Å². The second kappa shape index (κ2) is 6.62. The number of carbonyl (C=O) groups excluding carboxylic acids is 1. The summed E-state index contributed by atoms with van der Waals surface area (Å²) in [6.07, 6.45) is 6.54. The highest BCUT2D eigenvalue weighted by Gasteiger charge is 2.39. The number of carbonyl (C=O) groups is 1. The molecular weight excluding hydrogens is 292 g/mol. The topological polar surface area (TPSA) is 77.9 Å². The second-order valence-electron chi connectivity index (χ2n) is 6.33. The van der Waals surface area contributed by atoms with Crippen LogP contribution in [0.15, 0.2) is 0 Å². The monoisotopic (exact) mass is 318 g/mol. The number of hydrogen-bond donors (Lipinski definition) is 1. The van der Waals surface area contributed by atoms with Gasteiger partial charge in [0, 0.05) is 25.6 Å². The minimum absolute atomic E-state index is 0.0701. The van der Waals surface area contributed by atoms with Crippen molar-refractivity contribution in [1.82, 2.24) is 9.21 Å². The normalized spacial score (nSPS) is 30.9. The van der Waals surface area contributed by atoms with Crippen LogP contribution in [-0.2, 0) is 14.8 Å². The molecule has 21 heavy (non-hydrogen) atoms. The lowest BCUT2D eigenvalue weighted by molar-refractivity contribution is -0.134. The fourth-order valence-corrected chi connectivity index (χ4v) is 3.88. The van der Waals surface area contributed by atoms with Crippen molar-refractivity contribution in [1.29, 1.82) is 0 Å². The highest BCUT2D eigenvalue weighted by atomic mass is 32.2. The molecule has 3 atom stereocenters. The van der Waals surface area contributed by atoms with Crippen molar-refractivity contribution in [2.24, 2.45) is 5.92 Å². The molecule has 1 heterocycles. The lowest BCUT2D eigenvalue weighted by atomic mass is 9.80. The summed E-state index contributed by atoms with van der Waals surface area (Å²) in [4.78, 5) is 14.2. The number of likely N-dealkylation sites (N-methyl/N-ethyl adjacent to an activating group) is 1. The first-order valence-corrected chi connectivity index (χ1v) is 9.54. The summed E-state index contributed by atoms with van der Waals surface area (Å²) in [5.41, 5.74) is 0. The summed E-state index contributed by atoms with van der Waals surface area (Å²) in [7, 11) is -1.92. The first-order valence-electron chi connectivity index (χ1n) is 7.69. The number of rotatable bonds is 4. The number of aliphatic hydroxyl groups is 1. The fraction of sp³-hybridized carbons (Fsp3) is 0.929. The lowest BCUT2D eigenvalue weighted by Crippen LogP contribution is -2.48. The Bertz CT molecular complexity index is 479. The van der Waals surface area contributed by atoms with Gasteiger partial charge in [0.2, 0.25) is 15.9 Å². The van der Waals surface area contributed by atoms with Crippen molar-refractivity contribution in [3.05, 3.63) is 0 Å². The van der Waals surface area contributed by atoms with Gasteiger partial charge in [-0.05, 0) is 25.7 Å². The molecule has 0 radical (unpaired) electrons. The van der Waals surface area contributed by atoms with Gasteiger partial charge in [-0.25, -0.2) is 8.42 Å². The largest absolute Gasteiger partial charge is 0.393 e. The van der Waals surface area contributed by atoms with E-state index >= 15 is 0 Å². The Morgan fingerprint density at radius 2 is 1.90 bits per heavy atom. The number of aliphatic hydroxyl groups excluding tert-OH is 1. The SMILES string of the molecule is CN(CC(=O)N1CCC[C@@H]1[C@@H]1CCCC[C@@H]1O)S(C)(=O)=O. The zero-order chi connectivity index (χ0) is 15.6. The van der Waals surface area contributed by atoms with Crippen LogP contribution in [0.25, 0.3) is 0 Å². The lowest BCUT2D eigenvalue weighted by Gasteiger charge is -2.37. The van der Waals surface area contributed by atoms with E-state index in [9.17, 15) is 18.3 Å². The van der Waals surface area contributed by atoms with Crippen LogP contribution in [-0.4, -0.2) is 67.2 Å². The quantitative estimate of drug-likeness (QED) is 0.815. The van der Waals surface area contributed by atoms with Crippen molar-refractivity contribution in [2.45, 2.75) is 50.7 Å². The van der Waals surface area contributed by atoms with Crippen molar-refractivity contribution in [2.75, 3.05) is 26.4 Å². The number of likely N-dealkylation sites (tertiary alicyclic amines) is 1. The van der Waals surface area contributed by atoms with Gasteiger partial charge in [0.25, 0.3) is 0 Å². The minimum atomic E-state index is -3.34. The van der Waals surface area contributed by atoms with E-state index in [2.05, 4.69) is 0 Å². The van der Waals surface area contributed by atoms with E-state index in [0.29, 0.717) is 6.54 Å². The molecule has 1 amide bonds. The predicted molar refractivity (Wildman–Crippen MR) is 80.2 cm³/mol. The molecule has 122 valence electrons. The van der Waals surface area contributed by atoms with E-state index in [-0.39, 0.29) is 30.5 Å². The summed E-state index contributed by atoms with van der Waals surface area (Å²) in [6.45, 7) is 0.558. The van der Waals surface area contributed by atoms with Crippen LogP contribution in [0.5, 0.6) is 0 Å².